The molecular weight excluding hydrogens is 364 g/mol. The van der Waals surface area contributed by atoms with E-state index in [9.17, 15) is 26.0 Å². The molecule has 0 aromatic heterocycles. The summed E-state index contributed by atoms with van der Waals surface area (Å²) < 4.78 is 73.8. The van der Waals surface area contributed by atoms with Crippen LogP contribution in [0, 0.1) is 5.82 Å². The van der Waals surface area contributed by atoms with Gasteiger partial charge >= 0.3 is 5.51 Å². The van der Waals surface area contributed by atoms with Crippen LogP contribution < -0.4 is 0 Å². The van der Waals surface area contributed by atoms with Gasteiger partial charge in [-0.1, -0.05) is 35.3 Å². The van der Waals surface area contributed by atoms with Crippen molar-refractivity contribution in [1.29, 1.82) is 0 Å². The highest BCUT2D eigenvalue weighted by Gasteiger charge is 2.48. The average molecular weight is 377 g/mol. The van der Waals surface area contributed by atoms with Crippen molar-refractivity contribution in [2.45, 2.75) is 41.4 Å². The topological polar surface area (TPSA) is 34.1 Å². The highest BCUT2D eigenvalue weighted by molar-refractivity contribution is 9.09. The lowest BCUT2D eigenvalue weighted by atomic mass is 10.1. The summed E-state index contributed by atoms with van der Waals surface area (Å²) >= 11 is 3.27. The van der Waals surface area contributed by atoms with Gasteiger partial charge in [0.15, 0.2) is 0 Å². The SMILES string of the molecule is CCCC(Br)Cc1ccc(F)cc1S(=O)(=O)C(F)(F)F. The molecule has 0 spiro atoms. The molecule has 0 aliphatic carbocycles. The lowest BCUT2D eigenvalue weighted by Gasteiger charge is -2.15. The third kappa shape index (κ3) is 3.94. The third-order valence-corrected chi connectivity index (χ3v) is 5.02. The van der Waals surface area contributed by atoms with E-state index in [1.54, 1.807) is 0 Å². The Labute approximate surface area is 123 Å². The van der Waals surface area contributed by atoms with E-state index in [2.05, 4.69) is 15.9 Å². The second-order valence-electron chi connectivity index (χ2n) is 4.29. The van der Waals surface area contributed by atoms with Gasteiger partial charge in [-0.25, -0.2) is 12.8 Å². The van der Waals surface area contributed by atoms with Gasteiger partial charge in [-0.15, -0.1) is 0 Å². The molecule has 1 rings (SSSR count). The molecule has 0 bridgehead atoms. The van der Waals surface area contributed by atoms with Gasteiger partial charge in [0.2, 0.25) is 0 Å². The van der Waals surface area contributed by atoms with Gasteiger partial charge in [0.05, 0.1) is 4.90 Å². The summed E-state index contributed by atoms with van der Waals surface area (Å²) in [5.74, 6) is -1.02. The summed E-state index contributed by atoms with van der Waals surface area (Å²) in [6.45, 7) is 1.90. The summed E-state index contributed by atoms with van der Waals surface area (Å²) in [6.07, 6.45) is 1.54. The van der Waals surface area contributed by atoms with Crippen LogP contribution in [0.2, 0.25) is 0 Å². The summed E-state index contributed by atoms with van der Waals surface area (Å²) in [5.41, 5.74) is -5.48. The fraction of sp³-hybridized carbons (Fsp3) is 0.500. The smallest absolute Gasteiger partial charge is 0.214 e. The molecule has 1 aromatic carbocycles. The van der Waals surface area contributed by atoms with Crippen molar-refractivity contribution in [3.05, 3.63) is 29.6 Å². The van der Waals surface area contributed by atoms with Crippen LogP contribution in [0.25, 0.3) is 0 Å². The molecule has 0 aliphatic rings. The average Bonchev–Trinajstić information content (AvgIpc) is 2.30. The largest absolute Gasteiger partial charge is 0.501 e. The highest BCUT2D eigenvalue weighted by Crippen LogP contribution is 2.33. The molecule has 0 radical (unpaired) electrons. The van der Waals surface area contributed by atoms with Crippen molar-refractivity contribution >= 4 is 25.8 Å². The van der Waals surface area contributed by atoms with Crippen LogP contribution in [-0.4, -0.2) is 18.8 Å². The Hall–Kier alpha value is -0.630. The first-order valence-electron chi connectivity index (χ1n) is 5.83. The quantitative estimate of drug-likeness (QED) is 0.569. The zero-order valence-corrected chi connectivity index (χ0v) is 12.9. The Kier molecular flexibility index (Phi) is 5.60. The maximum Gasteiger partial charge on any atom is 0.501 e. The van der Waals surface area contributed by atoms with Crippen molar-refractivity contribution in [1.82, 2.24) is 0 Å². The number of benzene rings is 1. The number of sulfone groups is 1. The highest BCUT2D eigenvalue weighted by atomic mass is 79.9. The van der Waals surface area contributed by atoms with Crippen molar-refractivity contribution < 1.29 is 26.0 Å². The Morgan fingerprint density at radius 2 is 1.90 bits per heavy atom. The first-order valence-corrected chi connectivity index (χ1v) is 8.23. The second-order valence-corrected chi connectivity index (χ2v) is 7.50. The van der Waals surface area contributed by atoms with Crippen LogP contribution >= 0.6 is 15.9 Å². The molecule has 1 atom stereocenters. The van der Waals surface area contributed by atoms with Gasteiger partial charge in [-0.2, -0.15) is 13.2 Å². The maximum absolute atomic E-state index is 13.1. The first kappa shape index (κ1) is 17.4. The minimum Gasteiger partial charge on any atom is -0.214 e. The Morgan fingerprint density at radius 3 is 2.40 bits per heavy atom. The molecule has 0 saturated heterocycles. The van der Waals surface area contributed by atoms with E-state index in [4.69, 9.17) is 0 Å². The normalized spacial score (nSPS) is 14.3. The van der Waals surface area contributed by atoms with Crippen LogP contribution in [0.15, 0.2) is 23.1 Å². The molecule has 0 amide bonds. The number of hydrogen-bond acceptors (Lipinski definition) is 2. The molecule has 2 nitrogen and oxygen atoms in total. The van der Waals surface area contributed by atoms with Gasteiger partial charge in [-0.3, -0.25) is 0 Å². The fourth-order valence-corrected chi connectivity index (χ4v) is 3.55. The Bertz CT molecular complexity index is 569. The van der Waals surface area contributed by atoms with Crippen LogP contribution in [-0.2, 0) is 16.3 Å². The summed E-state index contributed by atoms with van der Waals surface area (Å²) in [5, 5.41) is 0. The van der Waals surface area contributed by atoms with E-state index in [0.29, 0.717) is 12.5 Å². The van der Waals surface area contributed by atoms with E-state index in [0.717, 1.165) is 18.6 Å². The molecule has 0 aliphatic heterocycles. The van der Waals surface area contributed by atoms with Crippen LogP contribution in [0.1, 0.15) is 25.3 Å². The lowest BCUT2D eigenvalue weighted by Crippen LogP contribution is -2.25. The van der Waals surface area contributed by atoms with E-state index in [-0.39, 0.29) is 16.8 Å². The molecule has 1 aromatic rings. The van der Waals surface area contributed by atoms with Crippen molar-refractivity contribution in [3.63, 3.8) is 0 Å². The third-order valence-electron chi connectivity index (χ3n) is 2.67. The second kappa shape index (κ2) is 6.43. The van der Waals surface area contributed by atoms with Gasteiger partial charge in [0, 0.05) is 4.83 Å². The zero-order chi connectivity index (χ0) is 15.6. The number of hydrogen-bond donors (Lipinski definition) is 0. The molecule has 1 unspecified atom stereocenters. The molecule has 114 valence electrons. The predicted octanol–water partition coefficient (Wildman–Crippen LogP) is 4.23. The number of alkyl halides is 4. The van der Waals surface area contributed by atoms with E-state index >= 15 is 0 Å². The monoisotopic (exact) mass is 376 g/mol. The molecule has 0 N–H and O–H groups in total. The van der Waals surface area contributed by atoms with E-state index in [1.807, 2.05) is 6.92 Å². The van der Waals surface area contributed by atoms with Gasteiger partial charge in [0.25, 0.3) is 9.84 Å². The summed E-state index contributed by atoms with van der Waals surface area (Å²) in [6, 6.07) is 2.46. The van der Waals surface area contributed by atoms with E-state index in [1.165, 1.54) is 0 Å². The molecule has 20 heavy (non-hydrogen) atoms. The molecular formula is C12H13BrF4O2S. The molecule has 0 heterocycles. The molecule has 0 saturated carbocycles. The fourth-order valence-electron chi connectivity index (χ4n) is 1.73. The van der Waals surface area contributed by atoms with Gasteiger partial charge in [0.1, 0.15) is 5.82 Å². The van der Waals surface area contributed by atoms with Crippen molar-refractivity contribution in [2.75, 3.05) is 0 Å². The van der Waals surface area contributed by atoms with Gasteiger partial charge < -0.3 is 0 Å². The van der Waals surface area contributed by atoms with Crippen LogP contribution in [0.4, 0.5) is 17.6 Å². The number of halogens is 5. The standard InChI is InChI=1S/C12H13BrF4O2S/c1-2-3-9(13)6-8-4-5-10(14)7-11(8)20(18,19)12(15,16)17/h4-5,7,9H,2-3,6H2,1H3. The lowest BCUT2D eigenvalue weighted by molar-refractivity contribution is -0.0436. The maximum atomic E-state index is 13.1. The Balaban J connectivity index is 3.29. The van der Waals surface area contributed by atoms with Gasteiger partial charge in [-0.05, 0) is 30.5 Å². The Morgan fingerprint density at radius 1 is 1.30 bits per heavy atom. The van der Waals surface area contributed by atoms with Crippen molar-refractivity contribution in [2.24, 2.45) is 0 Å². The van der Waals surface area contributed by atoms with E-state index < -0.39 is 26.1 Å². The summed E-state index contributed by atoms with van der Waals surface area (Å²) in [7, 11) is -5.55. The first-order chi connectivity index (χ1) is 9.09. The van der Waals surface area contributed by atoms with Crippen LogP contribution in [0.5, 0.6) is 0 Å². The van der Waals surface area contributed by atoms with Crippen molar-refractivity contribution in [3.8, 4) is 0 Å². The predicted molar refractivity (Wildman–Crippen MR) is 71.0 cm³/mol. The summed E-state index contributed by atoms with van der Waals surface area (Å²) in [4.78, 5) is -1.18. The molecule has 8 heteroatoms. The minimum atomic E-state index is -5.55. The minimum absolute atomic E-state index is 0.0425. The number of rotatable bonds is 5. The van der Waals surface area contributed by atoms with Crippen LogP contribution in [0.3, 0.4) is 0 Å². The molecule has 0 fully saturated rings. The zero-order valence-electron chi connectivity index (χ0n) is 10.5.